The molecule has 3 aromatic rings. The van der Waals surface area contributed by atoms with Crippen LogP contribution in [0.2, 0.25) is 0 Å². The molecule has 0 bridgehead atoms. The van der Waals surface area contributed by atoms with Crippen molar-refractivity contribution in [2.24, 2.45) is 10.7 Å². The number of halogens is 1. The summed E-state index contributed by atoms with van der Waals surface area (Å²) in [5.74, 6) is 0.309. The lowest BCUT2D eigenvalue weighted by molar-refractivity contribution is -0.129. The van der Waals surface area contributed by atoms with Gasteiger partial charge in [-0.25, -0.2) is 14.4 Å². The first kappa shape index (κ1) is 19.2. The molecule has 0 saturated heterocycles. The highest BCUT2D eigenvalue weighted by Crippen LogP contribution is 2.43. The number of oxazole rings is 1. The molecule has 0 radical (unpaired) electrons. The molecule has 2 aromatic heterocycles. The summed E-state index contributed by atoms with van der Waals surface area (Å²) in [6.45, 7) is -0.762. The number of guanidine groups is 1. The van der Waals surface area contributed by atoms with Crippen molar-refractivity contribution in [3.05, 3.63) is 66.0 Å². The minimum Gasteiger partial charge on any atom is -0.490 e. The number of aliphatic imine (C=N–C) groups is 1. The van der Waals surface area contributed by atoms with Crippen molar-refractivity contribution in [1.29, 1.82) is 0 Å². The maximum atomic E-state index is 13.5. The van der Waals surface area contributed by atoms with E-state index in [2.05, 4.69) is 15.0 Å². The first-order valence-electron chi connectivity index (χ1n) is 9.87. The van der Waals surface area contributed by atoms with E-state index < -0.39 is 12.2 Å². The zero-order valence-corrected chi connectivity index (χ0v) is 16.8. The Kier molecular flexibility index (Phi) is 4.46. The second-order valence-electron chi connectivity index (χ2n) is 7.65. The van der Waals surface area contributed by atoms with Gasteiger partial charge in [0.25, 0.3) is 5.91 Å². The van der Waals surface area contributed by atoms with Crippen molar-refractivity contribution in [2.45, 2.75) is 31.2 Å². The minimum absolute atomic E-state index is 0.0695. The summed E-state index contributed by atoms with van der Waals surface area (Å²) in [6, 6.07) is 8.63. The topological polar surface area (TPSA) is 107 Å². The van der Waals surface area contributed by atoms with Crippen molar-refractivity contribution in [1.82, 2.24) is 14.9 Å². The third-order valence-corrected chi connectivity index (χ3v) is 5.49. The van der Waals surface area contributed by atoms with Crippen LogP contribution in [0.25, 0.3) is 11.3 Å². The maximum absolute atomic E-state index is 13.5. The fourth-order valence-electron chi connectivity index (χ4n) is 3.72. The lowest BCUT2D eigenvalue weighted by Crippen LogP contribution is -2.41. The SMILES string of the molecule is CN1C(=O)C(c2cc(OC3CC3)cc(-c3cocn3)c2)(c2ccnc(CF)c2)N=C1N. The summed E-state index contributed by atoms with van der Waals surface area (Å²) in [6.07, 6.45) is 6.41. The largest absolute Gasteiger partial charge is 0.490 e. The van der Waals surface area contributed by atoms with Gasteiger partial charge in [-0.3, -0.25) is 14.7 Å². The fourth-order valence-corrected chi connectivity index (χ4v) is 3.72. The van der Waals surface area contributed by atoms with Gasteiger partial charge in [0.05, 0.1) is 11.8 Å². The molecule has 3 heterocycles. The number of benzene rings is 1. The van der Waals surface area contributed by atoms with Gasteiger partial charge >= 0.3 is 0 Å². The van der Waals surface area contributed by atoms with Gasteiger partial charge in [0, 0.05) is 18.8 Å². The molecule has 1 saturated carbocycles. The summed E-state index contributed by atoms with van der Waals surface area (Å²) in [4.78, 5) is 27.6. The summed E-state index contributed by atoms with van der Waals surface area (Å²) in [7, 11) is 1.56. The predicted molar refractivity (Wildman–Crippen MR) is 110 cm³/mol. The highest BCUT2D eigenvalue weighted by molar-refractivity contribution is 6.09. The average Bonchev–Trinajstić information content (AvgIpc) is 3.36. The minimum atomic E-state index is -1.49. The molecule has 1 atom stereocenters. The summed E-state index contributed by atoms with van der Waals surface area (Å²) < 4.78 is 24.6. The monoisotopic (exact) mass is 421 g/mol. The predicted octanol–water partition coefficient (Wildman–Crippen LogP) is 2.78. The zero-order chi connectivity index (χ0) is 21.6. The number of amides is 1. The molecule has 1 aliphatic carbocycles. The summed E-state index contributed by atoms with van der Waals surface area (Å²) in [5.41, 5.74) is 7.08. The molecule has 8 nitrogen and oxygen atoms in total. The molecule has 9 heteroatoms. The molecule has 31 heavy (non-hydrogen) atoms. The molecule has 0 spiro atoms. The Bertz CT molecular complexity index is 1180. The highest BCUT2D eigenvalue weighted by atomic mass is 19.1. The van der Waals surface area contributed by atoms with Crippen LogP contribution < -0.4 is 10.5 Å². The second-order valence-corrected chi connectivity index (χ2v) is 7.65. The van der Waals surface area contributed by atoms with E-state index >= 15 is 0 Å². The maximum Gasteiger partial charge on any atom is 0.266 e. The second kappa shape index (κ2) is 7.19. The molecule has 1 aromatic carbocycles. The average molecular weight is 421 g/mol. The van der Waals surface area contributed by atoms with Gasteiger partial charge in [0.2, 0.25) is 0 Å². The molecule has 1 amide bonds. The highest BCUT2D eigenvalue weighted by Gasteiger charge is 2.50. The van der Waals surface area contributed by atoms with Crippen LogP contribution in [0, 0.1) is 0 Å². The number of hydrogen-bond donors (Lipinski definition) is 1. The molecule has 2 aliphatic rings. The van der Waals surface area contributed by atoms with Gasteiger partial charge < -0.3 is 14.9 Å². The van der Waals surface area contributed by atoms with Crippen LogP contribution in [0.1, 0.15) is 29.7 Å². The summed E-state index contributed by atoms with van der Waals surface area (Å²) >= 11 is 0. The first-order valence-corrected chi connectivity index (χ1v) is 9.87. The van der Waals surface area contributed by atoms with E-state index in [0.29, 0.717) is 28.1 Å². The van der Waals surface area contributed by atoms with E-state index in [1.807, 2.05) is 6.07 Å². The van der Waals surface area contributed by atoms with Crippen molar-refractivity contribution >= 4 is 11.9 Å². The van der Waals surface area contributed by atoms with Gasteiger partial charge in [0.1, 0.15) is 24.4 Å². The number of alkyl halides is 1. The lowest BCUT2D eigenvalue weighted by Gasteiger charge is -2.27. The zero-order valence-electron chi connectivity index (χ0n) is 16.8. The number of aromatic nitrogens is 2. The molecule has 1 unspecified atom stereocenters. The Labute approximate surface area is 177 Å². The van der Waals surface area contributed by atoms with Crippen LogP contribution in [0.3, 0.4) is 0 Å². The van der Waals surface area contributed by atoms with Gasteiger partial charge in [-0.1, -0.05) is 0 Å². The first-order chi connectivity index (χ1) is 15.0. The van der Waals surface area contributed by atoms with Crippen LogP contribution >= 0.6 is 0 Å². The van der Waals surface area contributed by atoms with E-state index in [1.165, 1.54) is 29.8 Å². The Morgan fingerprint density at radius 2 is 2.10 bits per heavy atom. The van der Waals surface area contributed by atoms with Crippen molar-refractivity contribution in [3.8, 4) is 17.0 Å². The van der Waals surface area contributed by atoms with Gasteiger partial charge in [0.15, 0.2) is 17.9 Å². The van der Waals surface area contributed by atoms with E-state index in [-0.39, 0.29) is 23.7 Å². The number of rotatable bonds is 6. The van der Waals surface area contributed by atoms with Gasteiger partial charge in [-0.05, 0) is 54.3 Å². The number of likely N-dealkylation sites (N-methyl/N-ethyl adjacent to an activating group) is 1. The Morgan fingerprint density at radius 3 is 2.74 bits per heavy atom. The van der Waals surface area contributed by atoms with Crippen LogP contribution in [-0.4, -0.2) is 39.9 Å². The summed E-state index contributed by atoms with van der Waals surface area (Å²) in [5, 5.41) is 0. The smallest absolute Gasteiger partial charge is 0.266 e. The van der Waals surface area contributed by atoms with Crippen LogP contribution in [0.5, 0.6) is 5.75 Å². The number of carbonyl (C=O) groups excluding carboxylic acids is 1. The number of nitrogens with two attached hydrogens (primary N) is 1. The number of hydrogen-bond acceptors (Lipinski definition) is 7. The number of carbonyl (C=O) groups is 1. The van der Waals surface area contributed by atoms with Crippen molar-refractivity contribution < 1.29 is 18.3 Å². The third-order valence-electron chi connectivity index (χ3n) is 5.49. The van der Waals surface area contributed by atoms with Crippen LogP contribution in [0.4, 0.5) is 4.39 Å². The standard InChI is InChI=1S/C22H20FN5O3/c1-28-20(29)22(27-21(28)24,14-4-5-25-16(8-14)10-23)15-6-13(19-11-30-12-26-19)7-18(9-15)31-17-2-3-17/h4-9,11-12,17H,2-3,10H2,1H3,(H2,24,27). The number of ether oxygens (including phenoxy) is 1. The van der Waals surface area contributed by atoms with E-state index in [4.69, 9.17) is 14.9 Å². The number of nitrogens with zero attached hydrogens (tertiary/aromatic N) is 4. The Morgan fingerprint density at radius 1 is 1.26 bits per heavy atom. The quantitative estimate of drug-likeness (QED) is 0.656. The molecule has 158 valence electrons. The molecule has 1 fully saturated rings. The van der Waals surface area contributed by atoms with Gasteiger partial charge in [-0.2, -0.15) is 0 Å². The lowest BCUT2D eigenvalue weighted by atomic mass is 9.82. The van der Waals surface area contributed by atoms with E-state index in [1.54, 1.807) is 25.2 Å². The van der Waals surface area contributed by atoms with E-state index in [9.17, 15) is 9.18 Å². The molecule has 2 N–H and O–H groups in total. The third kappa shape index (κ3) is 3.22. The normalized spacial score (nSPS) is 20.8. The van der Waals surface area contributed by atoms with Crippen molar-refractivity contribution in [3.63, 3.8) is 0 Å². The van der Waals surface area contributed by atoms with Crippen LogP contribution in [-0.2, 0) is 17.0 Å². The molecular formula is C22H20FN5O3. The number of pyridine rings is 1. The van der Waals surface area contributed by atoms with E-state index in [0.717, 1.165) is 12.8 Å². The Balaban J connectivity index is 1.75. The van der Waals surface area contributed by atoms with Gasteiger partial charge in [-0.15, -0.1) is 0 Å². The Hall–Kier alpha value is -3.75. The molecular weight excluding hydrogens is 401 g/mol. The van der Waals surface area contributed by atoms with Crippen LogP contribution in [0.15, 0.2) is 58.6 Å². The fraction of sp³-hybridized carbons (Fsp3) is 0.273. The molecule has 5 rings (SSSR count). The van der Waals surface area contributed by atoms with Crippen molar-refractivity contribution in [2.75, 3.05) is 7.05 Å². The molecule has 1 aliphatic heterocycles.